The second-order valence-electron chi connectivity index (χ2n) is 5.97. The van der Waals surface area contributed by atoms with Crippen LogP contribution >= 0.6 is 0 Å². The first-order valence-corrected chi connectivity index (χ1v) is 6.90. The van der Waals surface area contributed by atoms with Gasteiger partial charge in [0.2, 0.25) is 0 Å². The fourth-order valence-corrected chi connectivity index (χ4v) is 2.11. The summed E-state index contributed by atoms with van der Waals surface area (Å²) in [7, 11) is 2.18. The van der Waals surface area contributed by atoms with E-state index >= 15 is 0 Å². The van der Waals surface area contributed by atoms with Crippen LogP contribution in [0, 0.1) is 5.92 Å². The predicted octanol–water partition coefficient (Wildman–Crippen LogP) is 2.10. The fourth-order valence-electron chi connectivity index (χ4n) is 2.11. The Labute approximate surface area is 108 Å². The van der Waals surface area contributed by atoms with Gasteiger partial charge in [-0.15, -0.1) is 0 Å². The highest BCUT2D eigenvalue weighted by molar-refractivity contribution is 4.86. The maximum absolute atomic E-state index is 9.48. The summed E-state index contributed by atoms with van der Waals surface area (Å²) in [5, 5.41) is 12.9. The standard InChI is InChI=1S/C14H32N2O/c1-7-15-14(5,11-17)10-13(4)16(6)9-8-12(2)3/h12-13,15,17H,7-11H2,1-6H3. The minimum Gasteiger partial charge on any atom is -0.394 e. The maximum atomic E-state index is 9.48. The van der Waals surface area contributed by atoms with E-state index in [9.17, 15) is 5.11 Å². The van der Waals surface area contributed by atoms with Crippen molar-refractivity contribution in [1.82, 2.24) is 10.2 Å². The van der Waals surface area contributed by atoms with E-state index in [1.54, 1.807) is 0 Å². The topological polar surface area (TPSA) is 35.5 Å². The molecule has 0 saturated heterocycles. The number of aliphatic hydroxyl groups excluding tert-OH is 1. The normalized spacial score (nSPS) is 17.5. The van der Waals surface area contributed by atoms with Gasteiger partial charge < -0.3 is 15.3 Å². The monoisotopic (exact) mass is 244 g/mol. The molecule has 0 aliphatic rings. The van der Waals surface area contributed by atoms with Gasteiger partial charge in [-0.1, -0.05) is 20.8 Å². The molecule has 0 aromatic carbocycles. The van der Waals surface area contributed by atoms with Crippen LogP contribution in [0.5, 0.6) is 0 Å². The molecule has 0 fully saturated rings. The van der Waals surface area contributed by atoms with E-state index in [2.05, 4.69) is 51.9 Å². The smallest absolute Gasteiger partial charge is 0.0611 e. The lowest BCUT2D eigenvalue weighted by molar-refractivity contribution is 0.125. The minimum atomic E-state index is -0.153. The Morgan fingerprint density at radius 1 is 1.29 bits per heavy atom. The van der Waals surface area contributed by atoms with Gasteiger partial charge in [0, 0.05) is 11.6 Å². The van der Waals surface area contributed by atoms with Gasteiger partial charge in [0.1, 0.15) is 0 Å². The van der Waals surface area contributed by atoms with E-state index in [0.29, 0.717) is 6.04 Å². The molecule has 0 aromatic rings. The number of nitrogens with zero attached hydrogens (tertiary/aromatic N) is 1. The average Bonchev–Trinajstić information content (AvgIpc) is 2.25. The number of hydrogen-bond acceptors (Lipinski definition) is 3. The largest absolute Gasteiger partial charge is 0.394 e. The van der Waals surface area contributed by atoms with Crippen molar-refractivity contribution in [1.29, 1.82) is 0 Å². The second-order valence-corrected chi connectivity index (χ2v) is 5.97. The van der Waals surface area contributed by atoms with Crippen LogP contribution in [0.1, 0.15) is 47.5 Å². The van der Waals surface area contributed by atoms with Crippen molar-refractivity contribution in [2.45, 2.75) is 59.0 Å². The van der Waals surface area contributed by atoms with Crippen LogP contribution in [-0.2, 0) is 0 Å². The van der Waals surface area contributed by atoms with Gasteiger partial charge in [-0.05, 0) is 52.7 Å². The quantitative estimate of drug-likeness (QED) is 0.652. The summed E-state index contributed by atoms with van der Waals surface area (Å²) in [6, 6.07) is 0.491. The molecule has 0 aliphatic carbocycles. The van der Waals surface area contributed by atoms with E-state index < -0.39 is 0 Å². The van der Waals surface area contributed by atoms with E-state index in [4.69, 9.17) is 0 Å². The summed E-state index contributed by atoms with van der Waals surface area (Å²) >= 11 is 0. The summed E-state index contributed by atoms with van der Waals surface area (Å²) in [6.45, 7) is 13.2. The highest BCUT2D eigenvalue weighted by atomic mass is 16.3. The molecule has 2 N–H and O–H groups in total. The molecule has 0 aromatic heterocycles. The maximum Gasteiger partial charge on any atom is 0.0611 e. The molecular weight excluding hydrogens is 212 g/mol. The SMILES string of the molecule is CCNC(C)(CO)CC(C)N(C)CCC(C)C. The van der Waals surface area contributed by atoms with Crippen LogP contribution in [-0.4, -0.2) is 48.3 Å². The number of aliphatic hydroxyl groups is 1. The van der Waals surface area contributed by atoms with Crippen LogP contribution in [0.15, 0.2) is 0 Å². The number of rotatable bonds is 9. The van der Waals surface area contributed by atoms with Gasteiger partial charge >= 0.3 is 0 Å². The molecule has 2 atom stereocenters. The van der Waals surface area contributed by atoms with Crippen molar-refractivity contribution in [2.24, 2.45) is 5.92 Å². The first kappa shape index (κ1) is 16.9. The fraction of sp³-hybridized carbons (Fsp3) is 1.00. The highest BCUT2D eigenvalue weighted by Gasteiger charge is 2.26. The van der Waals surface area contributed by atoms with Crippen molar-refractivity contribution in [2.75, 3.05) is 26.7 Å². The van der Waals surface area contributed by atoms with Crippen molar-refractivity contribution in [3.8, 4) is 0 Å². The zero-order valence-electron chi connectivity index (χ0n) is 12.6. The van der Waals surface area contributed by atoms with Crippen molar-refractivity contribution >= 4 is 0 Å². The first-order chi connectivity index (χ1) is 7.84. The Morgan fingerprint density at radius 3 is 2.29 bits per heavy atom. The zero-order valence-corrected chi connectivity index (χ0v) is 12.6. The van der Waals surface area contributed by atoms with Crippen LogP contribution < -0.4 is 5.32 Å². The third-order valence-corrected chi connectivity index (χ3v) is 3.51. The van der Waals surface area contributed by atoms with Gasteiger partial charge in [0.05, 0.1) is 6.61 Å². The molecule has 104 valence electrons. The van der Waals surface area contributed by atoms with Gasteiger partial charge in [-0.2, -0.15) is 0 Å². The highest BCUT2D eigenvalue weighted by Crippen LogP contribution is 2.16. The van der Waals surface area contributed by atoms with Gasteiger partial charge in [-0.3, -0.25) is 0 Å². The Morgan fingerprint density at radius 2 is 1.88 bits per heavy atom. The van der Waals surface area contributed by atoms with Crippen molar-refractivity contribution in [3.05, 3.63) is 0 Å². The molecule has 0 aliphatic heterocycles. The molecule has 0 radical (unpaired) electrons. The van der Waals surface area contributed by atoms with E-state index in [1.807, 2.05) is 0 Å². The van der Waals surface area contributed by atoms with Crippen LogP contribution in [0.2, 0.25) is 0 Å². The molecule has 0 heterocycles. The number of likely N-dealkylation sites (N-methyl/N-ethyl adjacent to an activating group) is 1. The average molecular weight is 244 g/mol. The molecule has 17 heavy (non-hydrogen) atoms. The molecule has 2 unspecified atom stereocenters. The van der Waals surface area contributed by atoms with Crippen LogP contribution in [0.4, 0.5) is 0 Å². The van der Waals surface area contributed by atoms with Crippen LogP contribution in [0.25, 0.3) is 0 Å². The van der Waals surface area contributed by atoms with E-state index in [1.165, 1.54) is 6.42 Å². The lowest BCUT2D eigenvalue weighted by Gasteiger charge is -2.35. The van der Waals surface area contributed by atoms with Crippen LogP contribution in [0.3, 0.4) is 0 Å². The number of nitrogens with one attached hydrogen (secondary N) is 1. The summed E-state index contributed by atoms with van der Waals surface area (Å²) in [4.78, 5) is 2.39. The molecule has 0 amide bonds. The third kappa shape index (κ3) is 7.02. The van der Waals surface area contributed by atoms with Crippen molar-refractivity contribution < 1.29 is 5.11 Å². The van der Waals surface area contributed by atoms with E-state index in [0.717, 1.165) is 25.4 Å². The second kappa shape index (κ2) is 8.06. The summed E-state index contributed by atoms with van der Waals surface area (Å²) in [5.74, 6) is 0.752. The molecule has 0 spiro atoms. The third-order valence-electron chi connectivity index (χ3n) is 3.51. The van der Waals surface area contributed by atoms with Crippen molar-refractivity contribution in [3.63, 3.8) is 0 Å². The predicted molar refractivity (Wildman–Crippen MR) is 75.3 cm³/mol. The minimum absolute atomic E-state index is 0.153. The zero-order chi connectivity index (χ0) is 13.5. The lowest BCUT2D eigenvalue weighted by atomic mass is 9.93. The summed E-state index contributed by atoms with van der Waals surface area (Å²) in [6.07, 6.45) is 2.21. The Balaban J connectivity index is 4.16. The first-order valence-electron chi connectivity index (χ1n) is 6.90. The molecule has 3 heteroatoms. The molecule has 0 bridgehead atoms. The Kier molecular flexibility index (Phi) is 8.01. The summed E-state index contributed by atoms with van der Waals surface area (Å²) in [5.41, 5.74) is -0.153. The van der Waals surface area contributed by atoms with Gasteiger partial charge in [0.15, 0.2) is 0 Å². The van der Waals surface area contributed by atoms with Gasteiger partial charge in [0.25, 0.3) is 0 Å². The lowest BCUT2D eigenvalue weighted by Crippen LogP contribution is -2.50. The molecule has 0 saturated carbocycles. The van der Waals surface area contributed by atoms with E-state index in [-0.39, 0.29) is 12.1 Å². The molecular formula is C14H32N2O. The molecule has 3 nitrogen and oxygen atoms in total. The Hall–Kier alpha value is -0.120. The number of hydrogen-bond donors (Lipinski definition) is 2. The van der Waals surface area contributed by atoms with Gasteiger partial charge in [-0.25, -0.2) is 0 Å². The summed E-state index contributed by atoms with van der Waals surface area (Å²) < 4.78 is 0. The Bertz CT molecular complexity index is 197. The molecule has 0 rings (SSSR count).